The standard InChI is InChI=1S/C18H28N2O3S/c21-24(22,15-16-5-2-1-3-6-16)19-13-17-7-4-10-20(14-17)18-8-11-23-12-9-18/h1-3,5-6,17-19H,4,7-15H2. The summed E-state index contributed by atoms with van der Waals surface area (Å²) < 4.78 is 32.8. The highest BCUT2D eigenvalue weighted by molar-refractivity contribution is 7.88. The van der Waals surface area contributed by atoms with Crippen molar-refractivity contribution < 1.29 is 13.2 Å². The molecule has 6 heteroatoms. The Hall–Kier alpha value is -0.950. The fraction of sp³-hybridized carbons (Fsp3) is 0.667. The quantitative estimate of drug-likeness (QED) is 0.851. The molecule has 134 valence electrons. The predicted octanol–water partition coefficient (Wildman–Crippen LogP) is 2.00. The predicted molar refractivity (Wildman–Crippen MR) is 95.2 cm³/mol. The van der Waals surface area contributed by atoms with E-state index in [4.69, 9.17) is 4.74 Å². The first-order valence-electron chi connectivity index (χ1n) is 8.95. The van der Waals surface area contributed by atoms with Crippen LogP contribution in [-0.4, -0.2) is 52.2 Å². The maximum Gasteiger partial charge on any atom is 0.215 e. The van der Waals surface area contributed by atoms with Crippen molar-refractivity contribution in [1.29, 1.82) is 0 Å². The largest absolute Gasteiger partial charge is 0.381 e. The molecule has 2 fully saturated rings. The fourth-order valence-corrected chi connectivity index (χ4v) is 4.96. The van der Waals surface area contributed by atoms with Crippen molar-refractivity contribution in [2.75, 3.05) is 32.8 Å². The molecule has 3 rings (SSSR count). The van der Waals surface area contributed by atoms with Crippen LogP contribution in [0.3, 0.4) is 0 Å². The molecule has 0 amide bonds. The second-order valence-corrected chi connectivity index (χ2v) is 8.75. The molecule has 2 saturated heterocycles. The van der Waals surface area contributed by atoms with Crippen LogP contribution in [0.15, 0.2) is 30.3 Å². The van der Waals surface area contributed by atoms with Gasteiger partial charge in [-0.05, 0) is 43.7 Å². The van der Waals surface area contributed by atoms with Gasteiger partial charge in [0.05, 0.1) is 5.75 Å². The van der Waals surface area contributed by atoms with E-state index < -0.39 is 10.0 Å². The highest BCUT2D eigenvalue weighted by Gasteiger charge is 2.27. The summed E-state index contributed by atoms with van der Waals surface area (Å²) in [4.78, 5) is 2.54. The third-order valence-corrected chi connectivity index (χ3v) is 6.37. The Kier molecular flexibility index (Phi) is 6.27. The molecule has 0 radical (unpaired) electrons. The lowest BCUT2D eigenvalue weighted by atomic mass is 9.95. The smallest absolute Gasteiger partial charge is 0.215 e. The Labute approximate surface area is 145 Å². The van der Waals surface area contributed by atoms with Crippen molar-refractivity contribution in [1.82, 2.24) is 9.62 Å². The molecule has 5 nitrogen and oxygen atoms in total. The third kappa shape index (κ3) is 5.28. The highest BCUT2D eigenvalue weighted by atomic mass is 32.2. The van der Waals surface area contributed by atoms with Crippen molar-refractivity contribution in [3.8, 4) is 0 Å². The molecular weight excluding hydrogens is 324 g/mol. The van der Waals surface area contributed by atoms with Crippen LogP contribution in [0, 0.1) is 5.92 Å². The SMILES string of the molecule is O=S(=O)(Cc1ccccc1)NCC1CCCN(C2CCOCC2)C1. The van der Waals surface area contributed by atoms with E-state index in [0.717, 1.165) is 57.6 Å². The van der Waals surface area contributed by atoms with Crippen LogP contribution in [0.4, 0.5) is 0 Å². The van der Waals surface area contributed by atoms with E-state index >= 15 is 0 Å². The Morgan fingerprint density at radius 2 is 1.88 bits per heavy atom. The molecule has 0 aliphatic carbocycles. The van der Waals surface area contributed by atoms with Crippen LogP contribution >= 0.6 is 0 Å². The first-order valence-corrected chi connectivity index (χ1v) is 10.6. The lowest BCUT2D eigenvalue weighted by Gasteiger charge is -2.40. The summed E-state index contributed by atoms with van der Waals surface area (Å²) in [7, 11) is -3.26. The van der Waals surface area contributed by atoms with E-state index in [9.17, 15) is 8.42 Å². The second-order valence-electron chi connectivity index (χ2n) is 6.94. The van der Waals surface area contributed by atoms with Crippen molar-refractivity contribution in [3.63, 3.8) is 0 Å². The molecule has 2 aliphatic heterocycles. The minimum Gasteiger partial charge on any atom is -0.381 e. The van der Waals surface area contributed by atoms with Gasteiger partial charge >= 0.3 is 0 Å². The summed E-state index contributed by atoms with van der Waals surface area (Å²) in [6, 6.07) is 9.97. The average molecular weight is 353 g/mol. The van der Waals surface area contributed by atoms with Gasteiger partial charge < -0.3 is 4.74 Å². The van der Waals surface area contributed by atoms with E-state index in [1.54, 1.807) is 0 Å². The maximum atomic E-state index is 12.3. The van der Waals surface area contributed by atoms with Crippen LogP contribution in [0.2, 0.25) is 0 Å². The number of nitrogens with one attached hydrogen (secondary N) is 1. The summed E-state index contributed by atoms with van der Waals surface area (Å²) in [6.45, 7) is 4.40. The average Bonchev–Trinajstić information content (AvgIpc) is 2.62. The maximum absolute atomic E-state index is 12.3. The summed E-state index contributed by atoms with van der Waals surface area (Å²) in [5, 5.41) is 0. The first-order chi connectivity index (χ1) is 11.6. The summed E-state index contributed by atoms with van der Waals surface area (Å²) in [5.41, 5.74) is 0.831. The first kappa shape index (κ1) is 17.9. The lowest BCUT2D eigenvalue weighted by Crippen LogP contribution is -2.47. The van der Waals surface area contributed by atoms with Crippen LogP contribution in [0.5, 0.6) is 0 Å². The molecule has 24 heavy (non-hydrogen) atoms. The van der Waals surface area contributed by atoms with Gasteiger partial charge in [-0.1, -0.05) is 30.3 Å². The lowest BCUT2D eigenvalue weighted by molar-refractivity contribution is 0.0183. The molecule has 0 aromatic heterocycles. The van der Waals surface area contributed by atoms with Crippen LogP contribution < -0.4 is 4.72 Å². The highest BCUT2D eigenvalue weighted by Crippen LogP contribution is 2.23. The third-order valence-electron chi connectivity index (χ3n) is 5.05. The van der Waals surface area contributed by atoms with Crippen LogP contribution in [0.1, 0.15) is 31.2 Å². The molecule has 0 bridgehead atoms. The number of ether oxygens (including phenoxy) is 1. The number of hydrogen-bond donors (Lipinski definition) is 1. The molecule has 0 saturated carbocycles. The van der Waals surface area contributed by atoms with E-state index in [2.05, 4.69) is 9.62 Å². The fourth-order valence-electron chi connectivity index (χ4n) is 3.74. The molecule has 2 aliphatic rings. The van der Waals surface area contributed by atoms with Gasteiger partial charge in [-0.25, -0.2) is 13.1 Å². The van der Waals surface area contributed by atoms with E-state index in [-0.39, 0.29) is 5.75 Å². The Balaban J connectivity index is 1.48. The zero-order valence-electron chi connectivity index (χ0n) is 14.2. The van der Waals surface area contributed by atoms with Crippen LogP contribution in [-0.2, 0) is 20.5 Å². The van der Waals surface area contributed by atoms with Crippen molar-refractivity contribution in [2.24, 2.45) is 5.92 Å². The number of rotatable bonds is 6. The summed E-state index contributed by atoms with van der Waals surface area (Å²) in [6.07, 6.45) is 4.47. The zero-order chi connectivity index (χ0) is 16.8. The zero-order valence-corrected chi connectivity index (χ0v) is 15.0. The Morgan fingerprint density at radius 3 is 2.62 bits per heavy atom. The Bertz CT molecular complexity index is 600. The molecule has 1 atom stereocenters. The minimum atomic E-state index is -3.26. The number of likely N-dealkylation sites (tertiary alicyclic amines) is 1. The number of hydrogen-bond acceptors (Lipinski definition) is 4. The number of benzene rings is 1. The van der Waals surface area contributed by atoms with Gasteiger partial charge in [0.2, 0.25) is 10.0 Å². The monoisotopic (exact) mass is 352 g/mol. The number of nitrogens with zero attached hydrogens (tertiary/aromatic N) is 1. The van der Waals surface area contributed by atoms with Gasteiger partial charge in [0.15, 0.2) is 0 Å². The van der Waals surface area contributed by atoms with Crippen LogP contribution in [0.25, 0.3) is 0 Å². The normalized spacial score (nSPS) is 24.1. The van der Waals surface area contributed by atoms with Gasteiger partial charge in [-0.2, -0.15) is 0 Å². The van der Waals surface area contributed by atoms with Gasteiger partial charge in [-0.15, -0.1) is 0 Å². The molecule has 1 unspecified atom stereocenters. The molecule has 1 N–H and O–H groups in total. The molecular formula is C18H28N2O3S. The number of piperidine rings is 1. The van der Waals surface area contributed by atoms with E-state index in [1.807, 2.05) is 30.3 Å². The number of sulfonamides is 1. The molecule has 1 aromatic carbocycles. The molecule has 2 heterocycles. The minimum absolute atomic E-state index is 0.0598. The van der Waals surface area contributed by atoms with Crippen molar-refractivity contribution in [2.45, 2.75) is 37.5 Å². The Morgan fingerprint density at radius 1 is 1.12 bits per heavy atom. The summed E-state index contributed by atoms with van der Waals surface area (Å²) >= 11 is 0. The van der Waals surface area contributed by atoms with Gasteiger partial charge in [0, 0.05) is 32.3 Å². The second kappa shape index (κ2) is 8.43. The molecule has 1 aromatic rings. The molecule has 0 spiro atoms. The van der Waals surface area contributed by atoms with Gasteiger partial charge in [0.1, 0.15) is 0 Å². The van der Waals surface area contributed by atoms with E-state index in [0.29, 0.717) is 18.5 Å². The topological polar surface area (TPSA) is 58.6 Å². The van der Waals surface area contributed by atoms with Gasteiger partial charge in [0.25, 0.3) is 0 Å². The van der Waals surface area contributed by atoms with E-state index in [1.165, 1.54) is 0 Å². The summed E-state index contributed by atoms with van der Waals surface area (Å²) in [5.74, 6) is 0.469. The van der Waals surface area contributed by atoms with Gasteiger partial charge in [-0.3, -0.25) is 4.90 Å². The van der Waals surface area contributed by atoms with Crippen molar-refractivity contribution in [3.05, 3.63) is 35.9 Å². The van der Waals surface area contributed by atoms with Crippen molar-refractivity contribution >= 4 is 10.0 Å².